The summed E-state index contributed by atoms with van der Waals surface area (Å²) >= 11 is 0. The van der Waals surface area contributed by atoms with Gasteiger partial charge in [-0.2, -0.15) is 6.42 Å². The molecule has 0 radical (unpaired) electrons. The maximum absolute atomic E-state index is 10.4. The fraction of sp³-hybridized carbons (Fsp3) is 0.600. The molecule has 1 N–H and O–H groups in total. The van der Waals surface area contributed by atoms with E-state index in [0.717, 1.165) is 0 Å². The van der Waals surface area contributed by atoms with E-state index in [1.165, 1.54) is 7.11 Å². The first-order chi connectivity index (χ1) is 3.81. The third-order valence-corrected chi connectivity index (χ3v) is 0.620. The Labute approximate surface area is 69.4 Å². The summed E-state index contributed by atoms with van der Waals surface area (Å²) in [7, 11) is 1.40. The molecule has 3 nitrogen and oxygen atoms in total. The van der Waals surface area contributed by atoms with Crippen molar-refractivity contribution in [1.29, 1.82) is 0 Å². The van der Waals surface area contributed by atoms with Gasteiger partial charge in [-0.05, 0) is 0 Å². The van der Waals surface area contributed by atoms with Crippen molar-refractivity contribution in [3.05, 3.63) is 6.92 Å². The average Bonchev–Trinajstić information content (AvgIpc) is 1.68. The summed E-state index contributed by atoms with van der Waals surface area (Å²) in [5.41, 5.74) is 2.17. The molecule has 0 aliphatic rings. The van der Waals surface area contributed by atoms with Crippen LogP contribution in [-0.4, -0.2) is 13.0 Å². The first-order valence-electron chi connectivity index (χ1n) is 2.42. The van der Waals surface area contributed by atoms with Gasteiger partial charge in [-0.15, -0.1) is 0 Å². The predicted molar refractivity (Wildman–Crippen MR) is 29.7 cm³/mol. The van der Waals surface area contributed by atoms with Crippen molar-refractivity contribution in [2.75, 3.05) is 7.11 Å². The molecule has 0 saturated heterocycles. The molecule has 0 aromatic carbocycles. The van der Waals surface area contributed by atoms with Crippen LogP contribution < -0.4 is 5.48 Å². The second-order valence-electron chi connectivity index (χ2n) is 1.33. The summed E-state index contributed by atoms with van der Waals surface area (Å²) in [4.78, 5) is 14.7. The van der Waals surface area contributed by atoms with Crippen LogP contribution in [0.4, 0.5) is 0 Å². The quantitative estimate of drug-likeness (QED) is 0.600. The molecule has 4 heteroatoms. The predicted octanol–water partition coefficient (Wildman–Crippen LogP) is 0.276. The normalized spacial score (nSPS) is 7.78. The number of carbonyl (C=O) groups excluding carboxylic acids is 1. The molecule has 0 unspecified atom stereocenters. The van der Waals surface area contributed by atoms with Crippen molar-refractivity contribution in [3.63, 3.8) is 0 Å². The van der Waals surface area contributed by atoms with Gasteiger partial charge in [0.15, 0.2) is 0 Å². The van der Waals surface area contributed by atoms with E-state index >= 15 is 0 Å². The molecular formula is C5H10NO2W-. The van der Waals surface area contributed by atoms with E-state index in [2.05, 4.69) is 17.2 Å². The fourth-order valence-corrected chi connectivity index (χ4v) is 0.325. The van der Waals surface area contributed by atoms with Crippen molar-refractivity contribution >= 4 is 5.91 Å². The molecule has 0 spiro atoms. The zero-order valence-corrected chi connectivity index (χ0v) is 8.28. The van der Waals surface area contributed by atoms with Crippen LogP contribution in [0.2, 0.25) is 0 Å². The molecule has 0 aliphatic heterocycles. The Balaban J connectivity index is 0. The molecular weight excluding hydrogens is 290 g/mol. The van der Waals surface area contributed by atoms with Gasteiger partial charge in [-0.3, -0.25) is 9.63 Å². The number of hydrogen-bond donors (Lipinski definition) is 1. The minimum Gasteiger partial charge on any atom is -0.343 e. The average molecular weight is 300 g/mol. The molecule has 0 saturated carbocycles. The van der Waals surface area contributed by atoms with E-state index in [1.807, 2.05) is 0 Å². The first kappa shape index (κ1) is 11.9. The number of carbonyl (C=O) groups is 1. The smallest absolute Gasteiger partial charge is 0.240 e. The van der Waals surface area contributed by atoms with Crippen LogP contribution >= 0.6 is 0 Å². The van der Waals surface area contributed by atoms with Gasteiger partial charge in [0.1, 0.15) is 0 Å². The standard InChI is InChI=1S/C5H10NO2.W/c1-3-4-5(7)6-8-2;/h1,3-4H2,2H3,(H,6,7);/q-1;. The Hall–Kier alpha value is 0.118. The van der Waals surface area contributed by atoms with Crippen LogP contribution in [0.25, 0.3) is 0 Å². The fourth-order valence-electron chi connectivity index (χ4n) is 0.325. The minimum absolute atomic E-state index is 0. The van der Waals surface area contributed by atoms with Gasteiger partial charge >= 0.3 is 0 Å². The summed E-state index contributed by atoms with van der Waals surface area (Å²) in [5, 5.41) is 0. The Morgan fingerprint density at radius 1 is 1.78 bits per heavy atom. The molecule has 0 aromatic heterocycles. The Morgan fingerprint density at radius 2 is 2.33 bits per heavy atom. The Morgan fingerprint density at radius 3 is 2.67 bits per heavy atom. The molecule has 9 heavy (non-hydrogen) atoms. The molecule has 1 amide bonds. The zero-order valence-electron chi connectivity index (χ0n) is 5.35. The first-order valence-corrected chi connectivity index (χ1v) is 2.42. The van der Waals surface area contributed by atoms with Crippen molar-refractivity contribution in [3.8, 4) is 0 Å². The van der Waals surface area contributed by atoms with E-state index in [9.17, 15) is 4.79 Å². The van der Waals surface area contributed by atoms with Gasteiger partial charge in [0.25, 0.3) is 0 Å². The van der Waals surface area contributed by atoms with Gasteiger partial charge in [0.2, 0.25) is 5.91 Å². The van der Waals surface area contributed by atoms with Crippen molar-refractivity contribution < 1.29 is 30.7 Å². The molecule has 0 rings (SSSR count). The van der Waals surface area contributed by atoms with E-state index < -0.39 is 0 Å². The molecule has 54 valence electrons. The second-order valence-corrected chi connectivity index (χ2v) is 1.33. The van der Waals surface area contributed by atoms with Crippen molar-refractivity contribution in [2.24, 2.45) is 0 Å². The maximum Gasteiger partial charge on any atom is 0.240 e. The van der Waals surface area contributed by atoms with Crippen LogP contribution in [0, 0.1) is 6.92 Å². The van der Waals surface area contributed by atoms with Crippen LogP contribution in [0.1, 0.15) is 12.8 Å². The number of hydrogen-bond acceptors (Lipinski definition) is 2. The second kappa shape index (κ2) is 8.12. The summed E-state index contributed by atoms with van der Waals surface area (Å²) < 4.78 is 0. The van der Waals surface area contributed by atoms with E-state index in [4.69, 9.17) is 0 Å². The maximum atomic E-state index is 10.4. The molecule has 0 fully saturated rings. The van der Waals surface area contributed by atoms with Gasteiger partial charge in [-0.25, -0.2) is 5.48 Å². The molecule has 0 heterocycles. The Kier molecular flexibility index (Phi) is 10.7. The monoisotopic (exact) mass is 300 g/mol. The third-order valence-electron chi connectivity index (χ3n) is 0.620. The van der Waals surface area contributed by atoms with E-state index in [1.54, 1.807) is 0 Å². The largest absolute Gasteiger partial charge is 0.343 e. The van der Waals surface area contributed by atoms with Crippen LogP contribution in [0.15, 0.2) is 0 Å². The van der Waals surface area contributed by atoms with Crippen LogP contribution in [0.5, 0.6) is 0 Å². The van der Waals surface area contributed by atoms with Gasteiger partial charge in [-0.1, -0.05) is 0 Å². The topological polar surface area (TPSA) is 38.3 Å². The number of amides is 1. The third kappa shape index (κ3) is 8.12. The zero-order chi connectivity index (χ0) is 6.41. The van der Waals surface area contributed by atoms with Gasteiger partial charge in [0, 0.05) is 27.5 Å². The van der Waals surface area contributed by atoms with Crippen LogP contribution in [0.3, 0.4) is 0 Å². The van der Waals surface area contributed by atoms with Gasteiger partial charge < -0.3 is 6.92 Å². The number of hydroxylamine groups is 1. The van der Waals surface area contributed by atoms with E-state index in [0.29, 0.717) is 12.8 Å². The SMILES string of the molecule is [CH2-]CCC(=O)NOC.[W]. The summed E-state index contributed by atoms with van der Waals surface area (Å²) in [6.07, 6.45) is 1.03. The molecule has 0 aliphatic carbocycles. The van der Waals surface area contributed by atoms with Crippen molar-refractivity contribution in [2.45, 2.75) is 12.8 Å². The van der Waals surface area contributed by atoms with E-state index in [-0.39, 0.29) is 27.0 Å². The number of rotatable bonds is 3. The molecule has 0 aromatic rings. The Bertz CT molecular complexity index is 69.4. The summed E-state index contributed by atoms with van der Waals surface area (Å²) in [5.74, 6) is -0.123. The number of nitrogens with one attached hydrogen (secondary N) is 1. The minimum atomic E-state index is -0.123. The molecule has 0 atom stereocenters. The van der Waals surface area contributed by atoms with Gasteiger partial charge in [0.05, 0.1) is 7.11 Å². The van der Waals surface area contributed by atoms with Crippen LogP contribution in [-0.2, 0) is 30.7 Å². The van der Waals surface area contributed by atoms with Crippen molar-refractivity contribution in [1.82, 2.24) is 5.48 Å². The summed E-state index contributed by atoms with van der Waals surface area (Å²) in [6, 6.07) is 0. The summed E-state index contributed by atoms with van der Waals surface area (Å²) in [6.45, 7) is 3.49. The molecule has 0 bridgehead atoms.